The maximum atomic E-state index is 12.3. The summed E-state index contributed by atoms with van der Waals surface area (Å²) in [5.41, 5.74) is 7.23. The lowest BCUT2D eigenvalue weighted by molar-refractivity contribution is -0.0499. The van der Waals surface area contributed by atoms with Gasteiger partial charge in [-0.05, 0) is 54.7 Å². The molecule has 1 aromatic rings. The average molecular weight is 283 g/mol. The molecule has 0 amide bonds. The molecule has 1 aliphatic rings. The van der Waals surface area contributed by atoms with Crippen molar-refractivity contribution in [3.05, 3.63) is 29.8 Å². The highest BCUT2D eigenvalue weighted by Crippen LogP contribution is 2.39. The molecule has 0 bridgehead atoms. The molecule has 20 heavy (non-hydrogen) atoms. The molecule has 4 heteroatoms. The van der Waals surface area contributed by atoms with E-state index in [1.807, 2.05) is 6.07 Å². The van der Waals surface area contributed by atoms with Crippen LogP contribution in [0, 0.1) is 17.8 Å². The molecular weight excluding hydrogens is 260 g/mol. The Kier molecular flexibility index (Phi) is 4.97. The second-order valence-electron chi connectivity index (χ2n) is 6.15. The van der Waals surface area contributed by atoms with Crippen LogP contribution < -0.4 is 10.5 Å². The van der Waals surface area contributed by atoms with Crippen molar-refractivity contribution >= 4 is 0 Å². The third-order valence-corrected chi connectivity index (χ3v) is 4.19. The van der Waals surface area contributed by atoms with Crippen molar-refractivity contribution < 1.29 is 13.5 Å². The van der Waals surface area contributed by atoms with Gasteiger partial charge < -0.3 is 10.5 Å². The average Bonchev–Trinajstić information content (AvgIpc) is 2.36. The minimum atomic E-state index is -2.80. The summed E-state index contributed by atoms with van der Waals surface area (Å²) < 4.78 is 29.0. The zero-order valence-electron chi connectivity index (χ0n) is 12.1. The van der Waals surface area contributed by atoms with Gasteiger partial charge in [0.15, 0.2) is 0 Å². The van der Waals surface area contributed by atoms with Gasteiger partial charge >= 0.3 is 6.61 Å². The Morgan fingerprint density at radius 2 is 1.80 bits per heavy atom. The van der Waals surface area contributed by atoms with E-state index in [1.165, 1.54) is 12.5 Å². The molecule has 0 saturated heterocycles. The second kappa shape index (κ2) is 6.53. The topological polar surface area (TPSA) is 35.2 Å². The van der Waals surface area contributed by atoms with Crippen molar-refractivity contribution in [3.63, 3.8) is 0 Å². The van der Waals surface area contributed by atoms with Gasteiger partial charge in [0.05, 0.1) is 0 Å². The summed E-state index contributed by atoms with van der Waals surface area (Å²) in [4.78, 5) is 0. The third-order valence-electron chi connectivity index (χ3n) is 4.19. The number of alkyl halides is 2. The van der Waals surface area contributed by atoms with Gasteiger partial charge in [-0.1, -0.05) is 26.0 Å². The number of benzene rings is 1. The Balaban J connectivity index is 2.09. The van der Waals surface area contributed by atoms with E-state index in [4.69, 9.17) is 5.73 Å². The van der Waals surface area contributed by atoms with Gasteiger partial charge in [0.1, 0.15) is 5.75 Å². The van der Waals surface area contributed by atoms with Crippen molar-refractivity contribution in [1.82, 2.24) is 0 Å². The van der Waals surface area contributed by atoms with Crippen LogP contribution in [0.1, 0.15) is 44.7 Å². The number of hydrogen-bond acceptors (Lipinski definition) is 2. The highest BCUT2D eigenvalue weighted by molar-refractivity contribution is 5.31. The summed E-state index contributed by atoms with van der Waals surface area (Å²) in [6.07, 6.45) is 3.45. The number of hydrogen-bond donors (Lipinski definition) is 1. The molecule has 2 nitrogen and oxygen atoms in total. The third kappa shape index (κ3) is 3.92. The van der Waals surface area contributed by atoms with Crippen LogP contribution in [0.5, 0.6) is 5.75 Å². The lowest BCUT2D eigenvalue weighted by Gasteiger charge is -2.35. The zero-order chi connectivity index (χ0) is 14.7. The van der Waals surface area contributed by atoms with Gasteiger partial charge in [-0.15, -0.1) is 0 Å². The van der Waals surface area contributed by atoms with Crippen LogP contribution in [-0.4, -0.2) is 6.61 Å². The van der Waals surface area contributed by atoms with E-state index in [0.717, 1.165) is 18.4 Å². The molecule has 0 spiro atoms. The highest BCUT2D eigenvalue weighted by atomic mass is 19.3. The first kappa shape index (κ1) is 15.2. The molecule has 1 saturated carbocycles. The van der Waals surface area contributed by atoms with Gasteiger partial charge in [-0.2, -0.15) is 8.78 Å². The molecule has 3 atom stereocenters. The van der Waals surface area contributed by atoms with Crippen molar-refractivity contribution in [2.75, 3.05) is 0 Å². The minimum Gasteiger partial charge on any atom is -0.435 e. The van der Waals surface area contributed by atoms with Gasteiger partial charge in [0, 0.05) is 6.04 Å². The monoisotopic (exact) mass is 283 g/mol. The first-order valence-corrected chi connectivity index (χ1v) is 7.26. The molecule has 2 N–H and O–H groups in total. The van der Waals surface area contributed by atoms with Crippen LogP contribution >= 0.6 is 0 Å². The smallest absolute Gasteiger partial charge is 0.387 e. The van der Waals surface area contributed by atoms with Crippen LogP contribution in [0.2, 0.25) is 0 Å². The van der Waals surface area contributed by atoms with E-state index in [2.05, 4.69) is 18.6 Å². The fraction of sp³-hybridized carbons (Fsp3) is 0.625. The van der Waals surface area contributed by atoms with E-state index < -0.39 is 6.61 Å². The summed E-state index contributed by atoms with van der Waals surface area (Å²) >= 11 is 0. The lowest BCUT2D eigenvalue weighted by Crippen LogP contribution is -2.29. The van der Waals surface area contributed by atoms with Crippen LogP contribution in [-0.2, 0) is 0 Å². The van der Waals surface area contributed by atoms with E-state index in [-0.39, 0.29) is 11.8 Å². The van der Waals surface area contributed by atoms with Gasteiger partial charge in [-0.25, -0.2) is 0 Å². The first-order chi connectivity index (χ1) is 9.45. The maximum Gasteiger partial charge on any atom is 0.387 e. The molecule has 1 aromatic carbocycles. The standard InChI is InChI=1S/C16H23F2NO/c1-10-6-11(2)8-13(7-10)15(19)12-4-3-5-14(9-12)20-16(17)18/h3-5,9-11,13,15-16H,6-8,19H2,1-2H3. The van der Waals surface area contributed by atoms with Crippen molar-refractivity contribution in [2.45, 2.75) is 45.8 Å². The fourth-order valence-electron chi connectivity index (χ4n) is 3.47. The fourth-order valence-corrected chi connectivity index (χ4v) is 3.47. The lowest BCUT2D eigenvalue weighted by atomic mass is 9.72. The highest BCUT2D eigenvalue weighted by Gasteiger charge is 2.29. The van der Waals surface area contributed by atoms with Gasteiger partial charge in [-0.3, -0.25) is 0 Å². The Hall–Kier alpha value is -1.16. The quantitative estimate of drug-likeness (QED) is 0.891. The van der Waals surface area contributed by atoms with Crippen LogP contribution in [0.25, 0.3) is 0 Å². The molecule has 0 heterocycles. The molecular formula is C16H23F2NO. The number of ether oxygens (including phenoxy) is 1. The van der Waals surface area contributed by atoms with E-state index >= 15 is 0 Å². The Morgan fingerprint density at radius 1 is 1.15 bits per heavy atom. The van der Waals surface area contributed by atoms with Crippen molar-refractivity contribution in [2.24, 2.45) is 23.5 Å². The molecule has 0 aromatic heterocycles. The number of rotatable bonds is 4. The van der Waals surface area contributed by atoms with Gasteiger partial charge in [0.2, 0.25) is 0 Å². The van der Waals surface area contributed by atoms with Crippen molar-refractivity contribution in [1.29, 1.82) is 0 Å². The molecule has 1 aliphatic carbocycles. The van der Waals surface area contributed by atoms with E-state index in [0.29, 0.717) is 17.8 Å². The van der Waals surface area contributed by atoms with E-state index in [9.17, 15) is 8.78 Å². The Bertz CT molecular complexity index is 428. The van der Waals surface area contributed by atoms with Crippen LogP contribution in [0.15, 0.2) is 24.3 Å². The molecule has 112 valence electrons. The number of nitrogens with two attached hydrogens (primary N) is 1. The summed E-state index contributed by atoms with van der Waals surface area (Å²) in [6.45, 7) is 1.72. The predicted molar refractivity (Wildman–Crippen MR) is 75.7 cm³/mol. The molecule has 0 radical (unpaired) electrons. The normalized spacial score (nSPS) is 28.4. The first-order valence-electron chi connectivity index (χ1n) is 7.26. The molecule has 1 fully saturated rings. The summed E-state index contributed by atoms with van der Waals surface area (Å²) in [5, 5.41) is 0. The summed E-state index contributed by atoms with van der Waals surface area (Å²) in [6, 6.07) is 6.69. The van der Waals surface area contributed by atoms with Crippen LogP contribution in [0.4, 0.5) is 8.78 Å². The zero-order valence-corrected chi connectivity index (χ0v) is 12.1. The largest absolute Gasteiger partial charge is 0.435 e. The maximum absolute atomic E-state index is 12.3. The SMILES string of the molecule is CC1CC(C)CC(C(N)c2cccc(OC(F)F)c2)C1. The van der Waals surface area contributed by atoms with Crippen LogP contribution in [0.3, 0.4) is 0 Å². The Labute approximate surface area is 119 Å². The summed E-state index contributed by atoms with van der Waals surface area (Å²) in [5.74, 6) is 1.95. The van der Waals surface area contributed by atoms with Crippen molar-refractivity contribution in [3.8, 4) is 5.75 Å². The van der Waals surface area contributed by atoms with Gasteiger partial charge in [0.25, 0.3) is 0 Å². The van der Waals surface area contributed by atoms with E-state index in [1.54, 1.807) is 12.1 Å². The minimum absolute atomic E-state index is 0.110. The molecule has 0 aliphatic heterocycles. The molecule has 3 unspecified atom stereocenters. The second-order valence-corrected chi connectivity index (χ2v) is 6.15. The Morgan fingerprint density at radius 3 is 2.40 bits per heavy atom. The molecule has 2 rings (SSSR count). The predicted octanol–water partition coefficient (Wildman–Crippen LogP) is 4.36. The summed E-state index contributed by atoms with van der Waals surface area (Å²) in [7, 11) is 0. The number of halogens is 2.